The molecule has 4 aromatic carbocycles. The summed E-state index contributed by atoms with van der Waals surface area (Å²) >= 11 is 0. The van der Waals surface area contributed by atoms with Crippen LogP contribution in [0.3, 0.4) is 0 Å². The molecule has 4 aromatic rings. The Hall–Kier alpha value is -4.93. The van der Waals surface area contributed by atoms with Gasteiger partial charge in [-0.2, -0.15) is 13.2 Å². The fraction of sp³-hybridized carbons (Fsp3) is 0.349. The van der Waals surface area contributed by atoms with Crippen molar-refractivity contribution in [2.75, 3.05) is 63.8 Å². The molecule has 1 N–H and O–H groups in total. The highest BCUT2D eigenvalue weighted by atomic mass is 19.4. The van der Waals surface area contributed by atoms with Crippen molar-refractivity contribution in [1.82, 2.24) is 20.0 Å². The van der Waals surface area contributed by atoms with Crippen LogP contribution in [0.5, 0.6) is 0 Å². The zero-order valence-electron chi connectivity index (χ0n) is 30.3. The second-order valence-corrected chi connectivity index (χ2v) is 13.8. The molecule has 0 radical (unpaired) electrons. The Labute approximate surface area is 310 Å². The Morgan fingerprint density at radius 1 is 0.698 bits per heavy atom. The maximum atomic E-state index is 14.5. The number of anilines is 1. The molecule has 53 heavy (non-hydrogen) atoms. The van der Waals surface area contributed by atoms with Gasteiger partial charge in [0.2, 0.25) is 11.8 Å². The smallest absolute Gasteiger partial charge is 0.369 e. The summed E-state index contributed by atoms with van der Waals surface area (Å²) < 4.78 is 40.3. The van der Waals surface area contributed by atoms with Gasteiger partial charge in [0.05, 0.1) is 11.5 Å². The highest BCUT2D eigenvalue weighted by Crippen LogP contribution is 2.30. The van der Waals surface area contributed by atoms with Crippen LogP contribution >= 0.6 is 0 Å². The molecule has 10 heteroatoms. The number of carbonyl (C=O) groups excluding carboxylic acids is 2. The molecule has 7 nitrogen and oxygen atoms in total. The van der Waals surface area contributed by atoms with Gasteiger partial charge in [0.15, 0.2) is 0 Å². The third-order valence-electron chi connectivity index (χ3n) is 10.3. The van der Waals surface area contributed by atoms with Crippen LogP contribution in [0.2, 0.25) is 0 Å². The van der Waals surface area contributed by atoms with Crippen molar-refractivity contribution in [3.05, 3.63) is 143 Å². The number of rotatable bonds is 12. The minimum atomic E-state index is -4.49. The molecule has 2 heterocycles. The van der Waals surface area contributed by atoms with Crippen molar-refractivity contribution in [2.24, 2.45) is 5.92 Å². The average Bonchev–Trinajstić information content (AvgIpc) is 3.19. The number of hydrogen-bond donors (Lipinski definition) is 1. The molecular weight excluding hydrogens is 675 g/mol. The first-order chi connectivity index (χ1) is 25.7. The number of benzene rings is 4. The van der Waals surface area contributed by atoms with Crippen LogP contribution in [0.4, 0.5) is 18.9 Å². The van der Waals surface area contributed by atoms with Gasteiger partial charge in [0, 0.05) is 76.7 Å². The molecule has 2 fully saturated rings. The summed E-state index contributed by atoms with van der Waals surface area (Å²) in [5, 5.41) is 3.04. The largest absolute Gasteiger partial charge is 0.416 e. The Kier molecular flexibility index (Phi) is 12.6. The second-order valence-electron chi connectivity index (χ2n) is 13.8. The Morgan fingerprint density at radius 2 is 1.28 bits per heavy atom. The molecule has 6 rings (SSSR count). The summed E-state index contributed by atoms with van der Waals surface area (Å²) in [5.41, 5.74) is 3.98. The maximum absolute atomic E-state index is 14.5. The number of amides is 2. The van der Waals surface area contributed by atoms with Gasteiger partial charge in [-0.15, -0.1) is 0 Å². The zero-order valence-corrected chi connectivity index (χ0v) is 30.3. The first-order valence-corrected chi connectivity index (χ1v) is 18.5. The van der Waals surface area contributed by atoms with E-state index in [-0.39, 0.29) is 24.4 Å². The number of hydrogen-bond acceptors (Lipinski definition) is 5. The lowest BCUT2D eigenvalue weighted by atomic mass is 9.88. The fourth-order valence-electron chi connectivity index (χ4n) is 7.07. The molecule has 1 atom stereocenters. The molecule has 0 saturated carbocycles. The summed E-state index contributed by atoms with van der Waals surface area (Å²) in [6.07, 6.45) is -2.65. The lowest BCUT2D eigenvalue weighted by Gasteiger charge is -2.37. The standard InChI is InChI=1S/C43H48F3N5O2/c1-2-48-21-25-50(26-22-48)38-19-15-35(16-20-38)31-47-41(52)39(29-34-13-17-37(18-14-34)43(44,45)46)40(30-33-9-5-3-6-10-33)42(53)51-27-23-49(24-28-51)32-36-11-7-4-8-12-36/h3-20,29,40H,2,21-28,30-32H2,1H3,(H,47,52)/t40-/m0/s1. The van der Waals surface area contributed by atoms with Crippen LogP contribution in [0.1, 0.15) is 34.7 Å². The van der Waals surface area contributed by atoms with E-state index < -0.39 is 23.6 Å². The van der Waals surface area contributed by atoms with Gasteiger partial charge >= 0.3 is 6.18 Å². The molecule has 0 spiro atoms. The highest BCUT2D eigenvalue weighted by Gasteiger charge is 2.34. The van der Waals surface area contributed by atoms with Crippen LogP contribution in [0, 0.1) is 5.92 Å². The van der Waals surface area contributed by atoms with Gasteiger partial charge in [0.25, 0.3) is 0 Å². The van der Waals surface area contributed by atoms with Crippen LogP contribution in [-0.2, 0) is 35.3 Å². The number of alkyl halides is 3. The number of likely N-dealkylation sites (N-methyl/N-ethyl adjacent to an activating group) is 1. The SMILES string of the molecule is CCN1CCN(c2ccc(CNC(=O)C(=Cc3ccc(C(F)(F)F)cc3)[C@H](Cc3ccccc3)C(=O)N3CCN(Cc4ccccc4)CC3)cc2)CC1. The molecule has 0 unspecified atom stereocenters. The van der Waals surface area contributed by atoms with Crippen molar-refractivity contribution in [3.63, 3.8) is 0 Å². The molecule has 2 aliphatic heterocycles. The number of halogens is 3. The number of nitrogens with one attached hydrogen (secondary N) is 1. The van der Waals surface area contributed by atoms with Crippen molar-refractivity contribution in [2.45, 2.75) is 32.6 Å². The van der Waals surface area contributed by atoms with Gasteiger partial charge < -0.3 is 20.0 Å². The van der Waals surface area contributed by atoms with Crippen molar-refractivity contribution >= 4 is 23.6 Å². The summed E-state index contributed by atoms with van der Waals surface area (Å²) in [6.45, 7) is 10.6. The molecule has 2 aliphatic rings. The summed E-state index contributed by atoms with van der Waals surface area (Å²) in [7, 11) is 0. The molecule has 0 aliphatic carbocycles. The summed E-state index contributed by atoms with van der Waals surface area (Å²) in [4.78, 5) is 37.7. The Morgan fingerprint density at radius 3 is 1.87 bits per heavy atom. The van der Waals surface area contributed by atoms with Crippen molar-refractivity contribution in [1.29, 1.82) is 0 Å². The predicted molar refractivity (Wildman–Crippen MR) is 204 cm³/mol. The predicted octanol–water partition coefficient (Wildman–Crippen LogP) is 6.75. The maximum Gasteiger partial charge on any atom is 0.416 e. The highest BCUT2D eigenvalue weighted by molar-refractivity contribution is 6.04. The van der Waals surface area contributed by atoms with E-state index in [1.165, 1.54) is 17.7 Å². The van der Waals surface area contributed by atoms with Crippen LogP contribution in [0.25, 0.3) is 6.08 Å². The van der Waals surface area contributed by atoms with E-state index in [0.29, 0.717) is 31.7 Å². The van der Waals surface area contributed by atoms with E-state index in [1.807, 2.05) is 65.6 Å². The monoisotopic (exact) mass is 723 g/mol. The molecule has 2 amide bonds. The minimum Gasteiger partial charge on any atom is -0.369 e. The lowest BCUT2D eigenvalue weighted by Crippen LogP contribution is -2.51. The number of piperazine rings is 2. The lowest BCUT2D eigenvalue weighted by molar-refractivity contribution is -0.138. The average molecular weight is 724 g/mol. The van der Waals surface area contributed by atoms with E-state index in [0.717, 1.165) is 68.2 Å². The quantitative estimate of drug-likeness (QED) is 0.164. The third kappa shape index (κ3) is 10.4. The molecule has 2 saturated heterocycles. The molecule has 0 bridgehead atoms. The number of carbonyl (C=O) groups is 2. The minimum absolute atomic E-state index is 0.172. The third-order valence-corrected chi connectivity index (χ3v) is 10.3. The number of nitrogens with zero attached hydrogens (tertiary/aromatic N) is 4. The van der Waals surface area contributed by atoms with Crippen molar-refractivity contribution in [3.8, 4) is 0 Å². The molecule has 278 valence electrons. The van der Waals surface area contributed by atoms with E-state index in [9.17, 15) is 22.8 Å². The van der Waals surface area contributed by atoms with Gasteiger partial charge in [-0.25, -0.2) is 0 Å². The summed E-state index contributed by atoms with van der Waals surface area (Å²) in [6, 6.07) is 32.6. The zero-order chi connectivity index (χ0) is 37.2. The van der Waals surface area contributed by atoms with Crippen LogP contribution < -0.4 is 10.2 Å². The fourth-order valence-corrected chi connectivity index (χ4v) is 7.07. The first-order valence-electron chi connectivity index (χ1n) is 18.5. The molecule has 0 aromatic heterocycles. The normalized spacial score (nSPS) is 16.7. The Bertz CT molecular complexity index is 1800. The Balaban J connectivity index is 1.23. The summed E-state index contributed by atoms with van der Waals surface area (Å²) in [5.74, 6) is -1.46. The topological polar surface area (TPSA) is 59.1 Å². The van der Waals surface area contributed by atoms with E-state index in [4.69, 9.17) is 0 Å². The van der Waals surface area contributed by atoms with Crippen LogP contribution in [-0.4, -0.2) is 85.4 Å². The van der Waals surface area contributed by atoms with Crippen molar-refractivity contribution < 1.29 is 22.8 Å². The van der Waals surface area contributed by atoms with E-state index in [1.54, 1.807) is 6.08 Å². The van der Waals surface area contributed by atoms with Gasteiger partial charge in [-0.1, -0.05) is 91.9 Å². The first kappa shape index (κ1) is 37.8. The van der Waals surface area contributed by atoms with Crippen LogP contribution in [0.15, 0.2) is 115 Å². The van der Waals surface area contributed by atoms with E-state index >= 15 is 0 Å². The van der Waals surface area contributed by atoms with Gasteiger partial charge in [0.1, 0.15) is 0 Å². The molecular formula is C43H48F3N5O2. The van der Waals surface area contributed by atoms with Gasteiger partial charge in [-0.05, 0) is 65.6 Å². The van der Waals surface area contributed by atoms with Gasteiger partial charge in [-0.3, -0.25) is 14.5 Å². The van der Waals surface area contributed by atoms with E-state index in [2.05, 4.69) is 51.2 Å². The second kappa shape index (κ2) is 17.7.